The number of carboxylic acid groups (broad SMARTS) is 1. The van der Waals surface area contributed by atoms with Gasteiger partial charge in [-0.2, -0.15) is 5.26 Å². The number of nitrogens with zero attached hydrogens (tertiary/aromatic N) is 3. The summed E-state index contributed by atoms with van der Waals surface area (Å²) in [6.07, 6.45) is 0. The molecule has 2 rings (SSSR count). The van der Waals surface area contributed by atoms with Crippen molar-refractivity contribution in [2.24, 2.45) is 0 Å². The van der Waals surface area contributed by atoms with Gasteiger partial charge in [-0.05, 0) is 18.2 Å². The van der Waals surface area contributed by atoms with E-state index in [1.165, 1.54) is 24.3 Å². The van der Waals surface area contributed by atoms with Crippen molar-refractivity contribution >= 4 is 5.97 Å². The van der Waals surface area contributed by atoms with Gasteiger partial charge in [-0.25, -0.2) is 9.18 Å². The lowest BCUT2D eigenvalue weighted by Crippen LogP contribution is -2.02. The van der Waals surface area contributed by atoms with Crippen molar-refractivity contribution in [1.29, 1.82) is 5.26 Å². The molecule has 0 amide bonds. The van der Waals surface area contributed by atoms with Crippen molar-refractivity contribution < 1.29 is 19.0 Å². The molecule has 19 heavy (non-hydrogen) atoms. The second kappa shape index (κ2) is 5.10. The first-order valence-corrected chi connectivity index (χ1v) is 5.05. The van der Waals surface area contributed by atoms with Crippen molar-refractivity contribution in [3.8, 4) is 17.7 Å². The largest absolute Gasteiger partial charge is 0.476 e. The van der Waals surface area contributed by atoms with Crippen LogP contribution in [0.25, 0.3) is 0 Å². The van der Waals surface area contributed by atoms with E-state index in [4.69, 9.17) is 15.1 Å². The van der Waals surface area contributed by atoms with Crippen LogP contribution in [0.1, 0.15) is 16.1 Å². The third kappa shape index (κ3) is 2.63. The molecule has 7 heteroatoms. The van der Waals surface area contributed by atoms with Gasteiger partial charge in [0.15, 0.2) is 5.69 Å². The maximum atomic E-state index is 13.3. The van der Waals surface area contributed by atoms with Crippen LogP contribution in [-0.4, -0.2) is 21.3 Å². The Hall–Kier alpha value is -3.01. The van der Waals surface area contributed by atoms with Gasteiger partial charge in [0.2, 0.25) is 5.88 Å². The summed E-state index contributed by atoms with van der Waals surface area (Å²) < 4.78 is 18.5. The summed E-state index contributed by atoms with van der Waals surface area (Å²) in [6, 6.07) is 8.03. The van der Waals surface area contributed by atoms with Crippen molar-refractivity contribution in [3.05, 3.63) is 47.4 Å². The molecular formula is C12H6FN3O3. The highest BCUT2D eigenvalue weighted by Gasteiger charge is 2.11. The average molecular weight is 259 g/mol. The summed E-state index contributed by atoms with van der Waals surface area (Å²) in [6.45, 7) is 0. The molecule has 2 aromatic rings. The normalized spacial score (nSPS) is 9.68. The van der Waals surface area contributed by atoms with E-state index < -0.39 is 11.8 Å². The van der Waals surface area contributed by atoms with Crippen LogP contribution in [-0.2, 0) is 0 Å². The fraction of sp³-hybridized carbons (Fsp3) is 0. The number of carboxylic acids is 1. The van der Waals surface area contributed by atoms with Gasteiger partial charge in [0.05, 0.1) is 0 Å². The Kier molecular flexibility index (Phi) is 3.34. The van der Waals surface area contributed by atoms with Crippen LogP contribution in [0.2, 0.25) is 0 Å². The molecule has 1 aromatic carbocycles. The molecule has 0 aliphatic carbocycles. The highest BCUT2D eigenvalue weighted by Crippen LogP contribution is 2.24. The standard InChI is InChI=1S/C12H6FN3O3/c13-8-2-1-3-10(7(8)6-14)19-11-5-4-9(12(17)18)15-16-11/h1-5H,(H,17,18). The number of hydrogen-bond donors (Lipinski definition) is 1. The van der Waals surface area contributed by atoms with Crippen LogP contribution >= 0.6 is 0 Å². The molecule has 0 atom stereocenters. The Labute approximate surface area is 106 Å². The minimum atomic E-state index is -1.22. The summed E-state index contributed by atoms with van der Waals surface area (Å²) >= 11 is 0. The third-order valence-corrected chi connectivity index (χ3v) is 2.16. The number of aromatic nitrogens is 2. The minimum absolute atomic E-state index is 0.0140. The lowest BCUT2D eigenvalue weighted by atomic mass is 10.2. The van der Waals surface area contributed by atoms with E-state index in [1.807, 2.05) is 0 Å². The summed E-state index contributed by atoms with van der Waals surface area (Å²) in [4.78, 5) is 10.6. The van der Waals surface area contributed by atoms with Crippen LogP contribution < -0.4 is 4.74 Å². The first kappa shape index (κ1) is 12.4. The number of hydrogen-bond acceptors (Lipinski definition) is 5. The smallest absolute Gasteiger partial charge is 0.356 e. The van der Waals surface area contributed by atoms with E-state index in [1.54, 1.807) is 6.07 Å². The van der Waals surface area contributed by atoms with E-state index in [2.05, 4.69) is 10.2 Å². The predicted octanol–water partition coefficient (Wildman–Crippen LogP) is 1.98. The Balaban J connectivity index is 2.29. The maximum Gasteiger partial charge on any atom is 0.356 e. The topological polar surface area (TPSA) is 96.1 Å². The van der Waals surface area contributed by atoms with Gasteiger partial charge < -0.3 is 9.84 Å². The van der Waals surface area contributed by atoms with E-state index in [-0.39, 0.29) is 22.9 Å². The summed E-state index contributed by atoms with van der Waals surface area (Å²) in [5.74, 6) is -1.98. The Bertz CT molecular complexity index is 665. The molecule has 0 radical (unpaired) electrons. The van der Waals surface area contributed by atoms with Gasteiger partial charge in [-0.3, -0.25) is 0 Å². The van der Waals surface area contributed by atoms with Crippen LogP contribution in [0.5, 0.6) is 11.6 Å². The zero-order valence-corrected chi connectivity index (χ0v) is 9.37. The molecule has 0 saturated heterocycles. The molecule has 1 heterocycles. The molecule has 94 valence electrons. The first-order chi connectivity index (χ1) is 9.11. The van der Waals surface area contributed by atoms with Crippen LogP contribution in [0.3, 0.4) is 0 Å². The van der Waals surface area contributed by atoms with Crippen LogP contribution in [0.4, 0.5) is 4.39 Å². The number of benzene rings is 1. The molecule has 1 N–H and O–H groups in total. The molecular weight excluding hydrogens is 253 g/mol. The zero-order chi connectivity index (χ0) is 13.8. The highest BCUT2D eigenvalue weighted by molar-refractivity contribution is 5.84. The third-order valence-electron chi connectivity index (χ3n) is 2.16. The second-order valence-corrected chi connectivity index (χ2v) is 3.39. The molecule has 6 nitrogen and oxygen atoms in total. The molecule has 0 aliphatic heterocycles. The van der Waals surface area contributed by atoms with Gasteiger partial charge in [0, 0.05) is 6.07 Å². The number of ether oxygens (including phenoxy) is 1. The highest BCUT2D eigenvalue weighted by atomic mass is 19.1. The van der Waals surface area contributed by atoms with Crippen molar-refractivity contribution in [2.45, 2.75) is 0 Å². The second-order valence-electron chi connectivity index (χ2n) is 3.39. The number of aromatic carboxylic acids is 1. The fourth-order valence-corrected chi connectivity index (χ4v) is 1.30. The van der Waals surface area contributed by atoms with E-state index >= 15 is 0 Å². The molecule has 0 aliphatic rings. The number of nitriles is 1. The molecule has 0 unspecified atom stereocenters. The molecule has 1 aromatic heterocycles. The molecule has 0 fully saturated rings. The van der Waals surface area contributed by atoms with Gasteiger partial charge >= 0.3 is 5.97 Å². The first-order valence-electron chi connectivity index (χ1n) is 5.05. The lowest BCUT2D eigenvalue weighted by molar-refractivity contribution is 0.0689. The van der Waals surface area contributed by atoms with E-state index in [0.717, 1.165) is 6.07 Å². The summed E-state index contributed by atoms with van der Waals surface area (Å²) in [5, 5.41) is 24.4. The quantitative estimate of drug-likeness (QED) is 0.905. The SMILES string of the molecule is N#Cc1c(F)cccc1Oc1ccc(C(=O)O)nn1. The van der Waals surface area contributed by atoms with Gasteiger partial charge in [-0.15, -0.1) is 10.2 Å². The van der Waals surface area contributed by atoms with Crippen LogP contribution in [0, 0.1) is 17.1 Å². The molecule has 0 spiro atoms. The van der Waals surface area contributed by atoms with Crippen molar-refractivity contribution in [1.82, 2.24) is 10.2 Å². The van der Waals surface area contributed by atoms with Crippen molar-refractivity contribution in [3.63, 3.8) is 0 Å². The van der Waals surface area contributed by atoms with Gasteiger partial charge in [0.25, 0.3) is 0 Å². The zero-order valence-electron chi connectivity index (χ0n) is 9.37. The van der Waals surface area contributed by atoms with E-state index in [0.29, 0.717) is 0 Å². The Morgan fingerprint density at radius 2 is 2.11 bits per heavy atom. The minimum Gasteiger partial charge on any atom is -0.476 e. The predicted molar refractivity (Wildman–Crippen MR) is 60.2 cm³/mol. The number of halogens is 1. The van der Waals surface area contributed by atoms with Gasteiger partial charge in [0.1, 0.15) is 23.2 Å². The molecule has 0 bridgehead atoms. The summed E-state index contributed by atoms with van der Waals surface area (Å²) in [7, 11) is 0. The van der Waals surface area contributed by atoms with Crippen LogP contribution in [0.15, 0.2) is 30.3 Å². The number of carbonyl (C=O) groups is 1. The molecule has 0 saturated carbocycles. The Morgan fingerprint density at radius 3 is 2.68 bits per heavy atom. The summed E-state index contributed by atoms with van der Waals surface area (Å²) in [5.41, 5.74) is -0.501. The fourth-order valence-electron chi connectivity index (χ4n) is 1.30. The monoisotopic (exact) mass is 259 g/mol. The van der Waals surface area contributed by atoms with Crippen molar-refractivity contribution in [2.75, 3.05) is 0 Å². The van der Waals surface area contributed by atoms with Gasteiger partial charge in [-0.1, -0.05) is 6.07 Å². The van der Waals surface area contributed by atoms with E-state index in [9.17, 15) is 9.18 Å². The maximum absolute atomic E-state index is 13.3. The number of rotatable bonds is 3. The average Bonchev–Trinajstić information content (AvgIpc) is 2.39. The Morgan fingerprint density at radius 1 is 1.32 bits per heavy atom. The lowest BCUT2D eigenvalue weighted by Gasteiger charge is -2.06.